The molecule has 0 aromatic heterocycles. The Morgan fingerprint density at radius 2 is 2.19 bits per heavy atom. The predicted molar refractivity (Wildman–Crippen MR) is 61.5 cm³/mol. The van der Waals surface area contributed by atoms with Crippen LogP contribution in [0.5, 0.6) is 0 Å². The Labute approximate surface area is 96.9 Å². The van der Waals surface area contributed by atoms with Crippen LogP contribution in [0.2, 0.25) is 0 Å². The van der Waals surface area contributed by atoms with Crippen LogP contribution < -0.4 is 0 Å². The highest BCUT2D eigenvalue weighted by atomic mass is 16.4. The summed E-state index contributed by atoms with van der Waals surface area (Å²) >= 11 is 0. The standard InChI is InChI=1S/C12H18N2O2/c1-4-7-14(9-11(15)16)8-5-6-12(2,3)10-13/h1H,5-9H2,2-3H3,(H,15,16). The Bertz CT molecular complexity index is 310. The summed E-state index contributed by atoms with van der Waals surface area (Å²) in [5.41, 5.74) is -0.356. The summed E-state index contributed by atoms with van der Waals surface area (Å²) in [5.74, 6) is 1.55. The zero-order valence-electron chi connectivity index (χ0n) is 9.86. The van der Waals surface area contributed by atoms with E-state index in [4.69, 9.17) is 16.8 Å². The van der Waals surface area contributed by atoms with E-state index >= 15 is 0 Å². The molecule has 0 saturated carbocycles. The molecule has 0 radical (unpaired) electrons. The molecule has 0 unspecified atom stereocenters. The summed E-state index contributed by atoms with van der Waals surface area (Å²) < 4.78 is 0. The minimum absolute atomic E-state index is 0.0445. The van der Waals surface area contributed by atoms with E-state index in [1.54, 1.807) is 4.90 Å². The summed E-state index contributed by atoms with van der Waals surface area (Å²) in [6, 6.07) is 2.21. The summed E-state index contributed by atoms with van der Waals surface area (Å²) in [6.45, 7) is 4.64. The van der Waals surface area contributed by atoms with Gasteiger partial charge in [0.15, 0.2) is 0 Å². The molecule has 16 heavy (non-hydrogen) atoms. The lowest BCUT2D eigenvalue weighted by molar-refractivity contribution is -0.138. The average Bonchev–Trinajstić information content (AvgIpc) is 2.17. The summed E-state index contributed by atoms with van der Waals surface area (Å²) in [6.07, 6.45) is 6.67. The first kappa shape index (κ1) is 14.5. The lowest BCUT2D eigenvalue weighted by Crippen LogP contribution is -2.31. The smallest absolute Gasteiger partial charge is 0.317 e. The van der Waals surface area contributed by atoms with Gasteiger partial charge in [0.2, 0.25) is 0 Å². The number of nitrogens with zero attached hydrogens (tertiary/aromatic N) is 2. The van der Waals surface area contributed by atoms with E-state index in [0.717, 1.165) is 12.8 Å². The molecular formula is C12H18N2O2. The van der Waals surface area contributed by atoms with Gasteiger partial charge < -0.3 is 5.11 Å². The number of rotatable bonds is 7. The lowest BCUT2D eigenvalue weighted by Gasteiger charge is -2.20. The first-order valence-corrected chi connectivity index (χ1v) is 5.20. The second-order valence-electron chi connectivity index (χ2n) is 4.41. The molecule has 0 aromatic rings. The molecule has 0 aliphatic rings. The zero-order valence-corrected chi connectivity index (χ0v) is 9.86. The third kappa shape index (κ3) is 6.86. The minimum atomic E-state index is -0.880. The van der Waals surface area contributed by atoms with Crippen LogP contribution >= 0.6 is 0 Å². The monoisotopic (exact) mass is 222 g/mol. The highest BCUT2D eigenvalue weighted by Gasteiger charge is 2.17. The van der Waals surface area contributed by atoms with Crippen molar-refractivity contribution in [2.45, 2.75) is 26.7 Å². The van der Waals surface area contributed by atoms with Gasteiger partial charge in [0.05, 0.1) is 24.6 Å². The van der Waals surface area contributed by atoms with Crippen molar-refractivity contribution < 1.29 is 9.90 Å². The number of nitriles is 1. The fourth-order valence-electron chi connectivity index (χ4n) is 1.33. The second-order valence-corrected chi connectivity index (χ2v) is 4.41. The van der Waals surface area contributed by atoms with Crippen molar-refractivity contribution in [3.63, 3.8) is 0 Å². The first-order valence-electron chi connectivity index (χ1n) is 5.20. The molecule has 0 spiro atoms. The van der Waals surface area contributed by atoms with Crippen molar-refractivity contribution in [1.29, 1.82) is 5.26 Å². The number of hydrogen-bond donors (Lipinski definition) is 1. The predicted octanol–water partition coefficient (Wildman–Crippen LogP) is 1.34. The van der Waals surface area contributed by atoms with Crippen molar-refractivity contribution in [1.82, 2.24) is 4.90 Å². The van der Waals surface area contributed by atoms with Gasteiger partial charge in [-0.25, -0.2) is 0 Å². The van der Waals surface area contributed by atoms with Gasteiger partial charge in [0.1, 0.15) is 0 Å². The molecule has 0 rings (SSSR count). The van der Waals surface area contributed by atoms with Crippen molar-refractivity contribution >= 4 is 5.97 Å². The summed E-state index contributed by atoms with van der Waals surface area (Å²) in [7, 11) is 0. The number of carboxylic acid groups (broad SMARTS) is 1. The van der Waals surface area contributed by atoms with Crippen LogP contribution in [0, 0.1) is 29.1 Å². The molecule has 4 nitrogen and oxygen atoms in total. The van der Waals surface area contributed by atoms with Gasteiger partial charge in [-0.05, 0) is 33.2 Å². The van der Waals surface area contributed by atoms with E-state index in [1.807, 2.05) is 13.8 Å². The van der Waals surface area contributed by atoms with Crippen molar-refractivity contribution in [3.05, 3.63) is 0 Å². The number of carbonyl (C=O) groups is 1. The Kier molecular flexibility index (Phi) is 6.22. The highest BCUT2D eigenvalue weighted by Crippen LogP contribution is 2.20. The molecule has 0 amide bonds. The fourth-order valence-corrected chi connectivity index (χ4v) is 1.33. The summed E-state index contributed by atoms with van der Waals surface area (Å²) in [5, 5.41) is 17.5. The topological polar surface area (TPSA) is 64.3 Å². The molecule has 0 fully saturated rings. The van der Waals surface area contributed by atoms with Gasteiger partial charge in [-0.3, -0.25) is 9.69 Å². The normalized spacial score (nSPS) is 10.8. The number of hydrogen-bond acceptors (Lipinski definition) is 3. The maximum atomic E-state index is 10.5. The minimum Gasteiger partial charge on any atom is -0.480 e. The van der Waals surface area contributed by atoms with Crippen LogP contribution in [0.25, 0.3) is 0 Å². The number of aliphatic carboxylic acids is 1. The number of terminal acetylenes is 1. The Hall–Kier alpha value is -1.52. The molecular weight excluding hydrogens is 204 g/mol. The van der Waals surface area contributed by atoms with E-state index in [1.165, 1.54) is 0 Å². The largest absolute Gasteiger partial charge is 0.480 e. The van der Waals surface area contributed by atoms with E-state index in [2.05, 4.69) is 12.0 Å². The molecule has 0 aromatic carbocycles. The maximum absolute atomic E-state index is 10.5. The third-order valence-electron chi connectivity index (χ3n) is 2.25. The Balaban J connectivity index is 4.00. The zero-order chi connectivity index (χ0) is 12.6. The average molecular weight is 222 g/mol. The van der Waals surface area contributed by atoms with E-state index in [0.29, 0.717) is 13.1 Å². The fraction of sp³-hybridized carbons (Fsp3) is 0.667. The van der Waals surface area contributed by atoms with E-state index < -0.39 is 5.97 Å². The van der Waals surface area contributed by atoms with Crippen LogP contribution in [0.3, 0.4) is 0 Å². The Morgan fingerprint density at radius 1 is 1.56 bits per heavy atom. The van der Waals surface area contributed by atoms with Crippen LogP contribution in [0.4, 0.5) is 0 Å². The molecule has 4 heteroatoms. The lowest BCUT2D eigenvalue weighted by atomic mass is 9.90. The molecule has 0 bridgehead atoms. The molecule has 1 N–H and O–H groups in total. The van der Waals surface area contributed by atoms with Crippen LogP contribution in [-0.2, 0) is 4.79 Å². The van der Waals surface area contributed by atoms with Crippen LogP contribution in [0.1, 0.15) is 26.7 Å². The molecule has 0 heterocycles. The van der Waals surface area contributed by atoms with Gasteiger partial charge >= 0.3 is 5.97 Å². The summed E-state index contributed by atoms with van der Waals surface area (Å²) in [4.78, 5) is 12.2. The highest BCUT2D eigenvalue weighted by molar-refractivity contribution is 5.69. The van der Waals surface area contributed by atoms with Crippen molar-refractivity contribution in [3.8, 4) is 18.4 Å². The molecule has 0 atom stereocenters. The van der Waals surface area contributed by atoms with E-state index in [9.17, 15) is 4.79 Å². The van der Waals surface area contributed by atoms with Gasteiger partial charge in [0, 0.05) is 0 Å². The van der Waals surface area contributed by atoms with Gasteiger partial charge in [-0.1, -0.05) is 5.92 Å². The molecule has 0 aliphatic heterocycles. The quantitative estimate of drug-likeness (QED) is 0.660. The third-order valence-corrected chi connectivity index (χ3v) is 2.25. The second kappa shape index (κ2) is 6.87. The van der Waals surface area contributed by atoms with Gasteiger partial charge in [-0.15, -0.1) is 6.42 Å². The number of carboxylic acids is 1. The molecule has 0 aliphatic carbocycles. The van der Waals surface area contributed by atoms with Crippen LogP contribution in [-0.4, -0.2) is 35.6 Å². The van der Waals surface area contributed by atoms with E-state index in [-0.39, 0.29) is 12.0 Å². The SMILES string of the molecule is C#CCN(CCCC(C)(C)C#N)CC(=O)O. The molecule has 88 valence electrons. The van der Waals surface area contributed by atoms with Crippen molar-refractivity contribution in [2.24, 2.45) is 5.41 Å². The van der Waals surface area contributed by atoms with Crippen molar-refractivity contribution in [2.75, 3.05) is 19.6 Å². The Morgan fingerprint density at radius 3 is 2.62 bits per heavy atom. The van der Waals surface area contributed by atoms with Gasteiger partial charge in [0.25, 0.3) is 0 Å². The maximum Gasteiger partial charge on any atom is 0.317 e. The van der Waals surface area contributed by atoms with Gasteiger partial charge in [-0.2, -0.15) is 5.26 Å². The molecule has 0 saturated heterocycles. The first-order chi connectivity index (χ1) is 7.41. The van der Waals surface area contributed by atoms with Crippen LogP contribution in [0.15, 0.2) is 0 Å².